The summed E-state index contributed by atoms with van der Waals surface area (Å²) in [4.78, 5) is 24.4. The van der Waals surface area contributed by atoms with Crippen LogP contribution >= 0.6 is 0 Å². The van der Waals surface area contributed by atoms with E-state index in [9.17, 15) is 14.9 Å². The predicted molar refractivity (Wildman–Crippen MR) is 86.6 cm³/mol. The van der Waals surface area contributed by atoms with E-state index < -0.39 is 10.8 Å². The van der Waals surface area contributed by atoms with Gasteiger partial charge < -0.3 is 15.5 Å². The average molecular weight is 317 g/mol. The smallest absolute Gasteiger partial charge is 0.292 e. The molecule has 0 saturated carbocycles. The van der Waals surface area contributed by atoms with Crippen LogP contribution in [0.25, 0.3) is 0 Å². The lowest BCUT2D eigenvalue weighted by atomic mass is 10.2. The van der Waals surface area contributed by atoms with Crippen molar-refractivity contribution in [2.45, 2.75) is 6.42 Å². The number of nitro groups is 1. The maximum atomic E-state index is 12.0. The molecule has 0 saturated heterocycles. The summed E-state index contributed by atoms with van der Waals surface area (Å²) in [5, 5.41) is 25.2. The van der Waals surface area contributed by atoms with Gasteiger partial charge in [0.1, 0.15) is 17.3 Å². The van der Waals surface area contributed by atoms with E-state index in [1.165, 1.54) is 24.4 Å². The number of carbonyl (C=O) groups excluding carboxylic acids is 1. The number of benzene rings is 1. The van der Waals surface area contributed by atoms with Gasteiger partial charge in [-0.15, -0.1) is 0 Å². The van der Waals surface area contributed by atoms with Crippen LogP contribution in [0.15, 0.2) is 36.0 Å². The van der Waals surface area contributed by atoms with Gasteiger partial charge in [-0.25, -0.2) is 0 Å². The van der Waals surface area contributed by atoms with E-state index in [0.29, 0.717) is 6.54 Å². The van der Waals surface area contributed by atoms with Crippen molar-refractivity contribution in [2.24, 2.45) is 0 Å². The van der Waals surface area contributed by atoms with E-state index in [2.05, 4.69) is 10.6 Å². The molecular formula is C15H19N5O3. The molecule has 0 atom stereocenters. The summed E-state index contributed by atoms with van der Waals surface area (Å²) < 4.78 is 0. The monoisotopic (exact) mass is 317 g/mol. The van der Waals surface area contributed by atoms with E-state index >= 15 is 0 Å². The van der Waals surface area contributed by atoms with Crippen LogP contribution in [0.3, 0.4) is 0 Å². The quantitative estimate of drug-likeness (QED) is 0.247. The van der Waals surface area contributed by atoms with Gasteiger partial charge in [0.25, 0.3) is 11.6 Å². The fourth-order valence-electron chi connectivity index (χ4n) is 1.75. The first-order valence-electron chi connectivity index (χ1n) is 6.99. The number of para-hydroxylation sites is 2. The second-order valence-corrected chi connectivity index (χ2v) is 5.01. The van der Waals surface area contributed by atoms with Crippen LogP contribution in [0.1, 0.15) is 6.42 Å². The molecule has 2 N–H and O–H groups in total. The summed E-state index contributed by atoms with van der Waals surface area (Å²) in [5.74, 6) is -0.693. The van der Waals surface area contributed by atoms with Gasteiger partial charge in [-0.2, -0.15) is 5.26 Å². The van der Waals surface area contributed by atoms with Crippen molar-refractivity contribution >= 4 is 17.3 Å². The molecule has 8 nitrogen and oxygen atoms in total. The van der Waals surface area contributed by atoms with Gasteiger partial charge >= 0.3 is 0 Å². The SMILES string of the molecule is CN(C)CCCN/C=C(/C#N)C(=O)Nc1ccccc1[N+](=O)[O-]. The first-order valence-corrected chi connectivity index (χ1v) is 6.99. The molecule has 0 radical (unpaired) electrons. The molecule has 0 bridgehead atoms. The first-order chi connectivity index (χ1) is 11.0. The summed E-state index contributed by atoms with van der Waals surface area (Å²) in [5.41, 5.74) is -0.318. The minimum atomic E-state index is -0.693. The largest absolute Gasteiger partial charge is 0.390 e. The Hall–Kier alpha value is -2.92. The Labute approximate surface area is 134 Å². The summed E-state index contributed by atoms with van der Waals surface area (Å²) in [6.45, 7) is 1.49. The average Bonchev–Trinajstić information content (AvgIpc) is 2.50. The highest BCUT2D eigenvalue weighted by molar-refractivity contribution is 6.07. The van der Waals surface area contributed by atoms with E-state index in [-0.39, 0.29) is 16.9 Å². The molecule has 0 aliphatic heterocycles. The van der Waals surface area contributed by atoms with Gasteiger partial charge in [-0.3, -0.25) is 14.9 Å². The van der Waals surface area contributed by atoms with Crippen molar-refractivity contribution in [3.05, 3.63) is 46.2 Å². The van der Waals surface area contributed by atoms with Crippen molar-refractivity contribution in [2.75, 3.05) is 32.5 Å². The summed E-state index contributed by atoms with van der Waals surface area (Å²) in [6.07, 6.45) is 2.17. The van der Waals surface area contributed by atoms with E-state index in [1.54, 1.807) is 12.1 Å². The third-order valence-electron chi connectivity index (χ3n) is 2.89. The number of hydrogen-bond acceptors (Lipinski definition) is 6. The van der Waals surface area contributed by atoms with Crippen LogP contribution in [-0.2, 0) is 4.79 Å². The molecule has 23 heavy (non-hydrogen) atoms. The zero-order valence-electron chi connectivity index (χ0n) is 13.1. The van der Waals surface area contributed by atoms with Crippen molar-refractivity contribution < 1.29 is 9.72 Å². The molecule has 1 amide bonds. The van der Waals surface area contributed by atoms with Crippen LogP contribution in [0.5, 0.6) is 0 Å². The van der Waals surface area contributed by atoms with Gasteiger partial charge in [-0.1, -0.05) is 12.1 Å². The van der Waals surface area contributed by atoms with Crippen LogP contribution in [0, 0.1) is 21.4 Å². The lowest BCUT2D eigenvalue weighted by Crippen LogP contribution is -2.20. The zero-order chi connectivity index (χ0) is 17.2. The molecule has 8 heteroatoms. The zero-order valence-corrected chi connectivity index (χ0v) is 13.1. The van der Waals surface area contributed by atoms with Crippen LogP contribution in [0.4, 0.5) is 11.4 Å². The topological polar surface area (TPSA) is 111 Å². The normalized spacial score (nSPS) is 11.0. The van der Waals surface area contributed by atoms with Crippen LogP contribution in [-0.4, -0.2) is 42.9 Å². The fraction of sp³-hybridized carbons (Fsp3) is 0.333. The number of nitriles is 1. The Morgan fingerprint density at radius 2 is 2.13 bits per heavy atom. The molecule has 0 fully saturated rings. The third kappa shape index (κ3) is 6.15. The number of anilines is 1. The van der Waals surface area contributed by atoms with Gasteiger partial charge in [0.15, 0.2) is 0 Å². The maximum Gasteiger partial charge on any atom is 0.292 e. The summed E-state index contributed by atoms with van der Waals surface area (Å²) >= 11 is 0. The van der Waals surface area contributed by atoms with Crippen molar-refractivity contribution in [3.8, 4) is 6.07 Å². The molecule has 0 aromatic heterocycles. The van der Waals surface area contributed by atoms with Gasteiger partial charge in [0.05, 0.1) is 4.92 Å². The maximum absolute atomic E-state index is 12.0. The number of nitrogens with one attached hydrogen (secondary N) is 2. The summed E-state index contributed by atoms with van der Waals surface area (Å²) in [6, 6.07) is 7.54. The van der Waals surface area contributed by atoms with Gasteiger partial charge in [-0.05, 0) is 33.1 Å². The molecule has 0 aliphatic rings. The van der Waals surface area contributed by atoms with Crippen LogP contribution in [0.2, 0.25) is 0 Å². The minimum absolute atomic E-state index is 0.0521. The minimum Gasteiger partial charge on any atom is -0.390 e. The number of rotatable bonds is 8. The van der Waals surface area contributed by atoms with E-state index in [4.69, 9.17) is 5.26 Å². The third-order valence-corrected chi connectivity index (χ3v) is 2.89. The predicted octanol–water partition coefficient (Wildman–Crippen LogP) is 1.48. The molecule has 0 spiro atoms. The Kier molecular flexibility index (Phi) is 7.23. The Balaban J connectivity index is 2.68. The number of carbonyl (C=O) groups is 1. The lowest BCUT2D eigenvalue weighted by Gasteiger charge is -2.09. The fourth-order valence-corrected chi connectivity index (χ4v) is 1.75. The molecule has 1 aromatic rings. The number of nitro benzene ring substituents is 1. The molecule has 122 valence electrons. The molecule has 0 unspecified atom stereocenters. The Bertz CT molecular complexity index is 634. The number of hydrogen-bond donors (Lipinski definition) is 2. The highest BCUT2D eigenvalue weighted by Crippen LogP contribution is 2.23. The van der Waals surface area contributed by atoms with Crippen molar-refractivity contribution in [1.29, 1.82) is 5.26 Å². The van der Waals surface area contributed by atoms with Crippen molar-refractivity contribution in [3.63, 3.8) is 0 Å². The molecule has 1 rings (SSSR count). The van der Waals surface area contributed by atoms with Crippen molar-refractivity contribution in [1.82, 2.24) is 10.2 Å². The van der Waals surface area contributed by atoms with Gasteiger partial charge in [0, 0.05) is 18.8 Å². The standard InChI is InChI=1S/C15H19N5O3/c1-19(2)9-5-8-17-11-12(10-16)15(21)18-13-6-3-4-7-14(13)20(22)23/h3-4,6-7,11,17H,5,8-9H2,1-2H3,(H,18,21)/b12-11-. The Morgan fingerprint density at radius 3 is 2.74 bits per heavy atom. The lowest BCUT2D eigenvalue weighted by molar-refractivity contribution is -0.383. The molecular weight excluding hydrogens is 298 g/mol. The second kappa shape index (κ2) is 9.17. The van der Waals surface area contributed by atoms with E-state index in [0.717, 1.165) is 13.0 Å². The van der Waals surface area contributed by atoms with E-state index in [1.807, 2.05) is 19.0 Å². The Morgan fingerprint density at radius 1 is 1.43 bits per heavy atom. The highest BCUT2D eigenvalue weighted by atomic mass is 16.6. The summed E-state index contributed by atoms with van der Waals surface area (Å²) in [7, 11) is 3.91. The van der Waals surface area contributed by atoms with Crippen LogP contribution < -0.4 is 10.6 Å². The second-order valence-electron chi connectivity index (χ2n) is 5.01. The molecule has 0 heterocycles. The molecule has 1 aromatic carbocycles. The highest BCUT2D eigenvalue weighted by Gasteiger charge is 2.16. The first kappa shape index (κ1) is 18.1. The number of amides is 1. The molecule has 0 aliphatic carbocycles. The number of nitrogens with zero attached hydrogens (tertiary/aromatic N) is 3. The van der Waals surface area contributed by atoms with Gasteiger partial charge in [0.2, 0.25) is 0 Å².